The largest absolute Gasteiger partial charge is 0.395 e. The van der Waals surface area contributed by atoms with Crippen LogP contribution < -0.4 is 5.32 Å². The van der Waals surface area contributed by atoms with Gasteiger partial charge in [0.15, 0.2) is 0 Å². The number of hydrogen-bond donors (Lipinski definition) is 2. The Hall–Kier alpha value is -0.720. The lowest BCUT2D eigenvalue weighted by molar-refractivity contribution is 0.117. The first kappa shape index (κ1) is 12.7. The molecule has 2 heterocycles. The molecule has 6 heteroatoms. The summed E-state index contributed by atoms with van der Waals surface area (Å²) in [6.45, 7) is 2.08. The van der Waals surface area contributed by atoms with Gasteiger partial charge in [0, 0.05) is 31.2 Å². The predicted octanol–water partition coefficient (Wildman–Crippen LogP) is 1.32. The second-order valence-electron chi connectivity index (χ2n) is 4.45. The second kappa shape index (κ2) is 6.28. The third-order valence-electron chi connectivity index (χ3n) is 3.35. The summed E-state index contributed by atoms with van der Waals surface area (Å²) in [5.74, 6) is 0. The van der Waals surface area contributed by atoms with Crippen LogP contribution in [0, 0.1) is 0 Å². The Bertz CT molecular complexity index is 344. The Kier molecular flexibility index (Phi) is 4.70. The van der Waals surface area contributed by atoms with Crippen molar-refractivity contribution in [2.45, 2.75) is 38.3 Å². The normalized spacial score (nSPS) is 22.4. The molecule has 1 aromatic heterocycles. The molecule has 5 nitrogen and oxygen atoms in total. The molecule has 2 N–H and O–H groups in total. The predicted molar refractivity (Wildman–Crippen MR) is 69.2 cm³/mol. The number of nitrogens with zero attached hydrogens (tertiary/aromatic N) is 3. The van der Waals surface area contributed by atoms with Gasteiger partial charge in [0.1, 0.15) is 10.7 Å². The van der Waals surface area contributed by atoms with Crippen LogP contribution in [0.4, 0.5) is 5.00 Å². The molecule has 1 atom stereocenters. The number of aliphatic hydroxyl groups excluding tert-OH is 1. The maximum atomic E-state index is 9.45. The molecular weight excluding hydrogens is 236 g/mol. The fraction of sp³-hybridized carbons (Fsp3) is 0.818. The van der Waals surface area contributed by atoms with Crippen molar-refractivity contribution >= 4 is 16.5 Å². The first-order chi connectivity index (χ1) is 8.35. The van der Waals surface area contributed by atoms with Crippen molar-refractivity contribution in [2.75, 3.05) is 25.5 Å². The van der Waals surface area contributed by atoms with Gasteiger partial charge in [0.05, 0.1) is 6.61 Å². The van der Waals surface area contributed by atoms with E-state index in [0.717, 1.165) is 30.2 Å². The highest BCUT2D eigenvalue weighted by molar-refractivity contribution is 7.10. The van der Waals surface area contributed by atoms with Gasteiger partial charge in [-0.25, -0.2) is 0 Å². The van der Waals surface area contributed by atoms with E-state index in [0.29, 0.717) is 0 Å². The number of aliphatic hydroxyl groups is 1. The molecule has 0 aromatic carbocycles. The lowest BCUT2D eigenvalue weighted by atomic mass is 10.1. The van der Waals surface area contributed by atoms with Gasteiger partial charge in [-0.2, -0.15) is 0 Å². The van der Waals surface area contributed by atoms with Crippen LogP contribution in [0.2, 0.25) is 0 Å². The number of hydrogen-bond acceptors (Lipinski definition) is 6. The smallest absolute Gasteiger partial charge is 0.134 e. The minimum atomic E-state index is 0.243. The molecule has 0 saturated carbocycles. The Balaban J connectivity index is 2.04. The van der Waals surface area contributed by atoms with Crippen molar-refractivity contribution in [3.8, 4) is 0 Å². The van der Waals surface area contributed by atoms with E-state index in [1.807, 2.05) is 7.05 Å². The molecule has 1 saturated heterocycles. The minimum Gasteiger partial charge on any atom is -0.395 e. The van der Waals surface area contributed by atoms with E-state index in [9.17, 15) is 5.11 Å². The standard InChI is InChI=1S/C11H20N4OS/c1-12-11-10(13-14-17-11)7-15-6-4-2-3-5-9(15)8-16/h9,12,16H,2-8H2,1H3. The number of nitrogens with one attached hydrogen (secondary N) is 1. The summed E-state index contributed by atoms with van der Waals surface area (Å²) in [4.78, 5) is 2.34. The van der Waals surface area contributed by atoms with Gasteiger partial charge in [0.25, 0.3) is 0 Å². The van der Waals surface area contributed by atoms with Gasteiger partial charge in [-0.15, -0.1) is 5.10 Å². The molecule has 1 aromatic rings. The van der Waals surface area contributed by atoms with Gasteiger partial charge in [-0.3, -0.25) is 4.90 Å². The fourth-order valence-electron chi connectivity index (χ4n) is 2.35. The van der Waals surface area contributed by atoms with E-state index in [-0.39, 0.29) is 12.6 Å². The number of anilines is 1. The van der Waals surface area contributed by atoms with Crippen molar-refractivity contribution in [1.29, 1.82) is 0 Å². The van der Waals surface area contributed by atoms with Crippen LogP contribution >= 0.6 is 11.5 Å². The molecule has 1 unspecified atom stereocenters. The molecule has 1 fully saturated rings. The topological polar surface area (TPSA) is 61.3 Å². The molecule has 17 heavy (non-hydrogen) atoms. The van der Waals surface area contributed by atoms with E-state index < -0.39 is 0 Å². The van der Waals surface area contributed by atoms with Crippen LogP contribution in [0.25, 0.3) is 0 Å². The van der Waals surface area contributed by atoms with Crippen LogP contribution in [0.5, 0.6) is 0 Å². The summed E-state index contributed by atoms with van der Waals surface area (Å²) < 4.78 is 3.97. The molecular formula is C11H20N4OS. The first-order valence-electron chi connectivity index (χ1n) is 6.19. The summed E-state index contributed by atoms with van der Waals surface area (Å²) in [7, 11) is 1.89. The molecule has 1 aliphatic heterocycles. The van der Waals surface area contributed by atoms with Crippen LogP contribution in [0.3, 0.4) is 0 Å². The zero-order valence-corrected chi connectivity index (χ0v) is 11.0. The molecule has 1 aliphatic rings. The van der Waals surface area contributed by atoms with Gasteiger partial charge in [-0.1, -0.05) is 17.3 Å². The van der Waals surface area contributed by atoms with Crippen LogP contribution in [0.1, 0.15) is 31.4 Å². The SMILES string of the molecule is CNc1snnc1CN1CCCCCC1CO. The Morgan fingerprint density at radius 2 is 2.35 bits per heavy atom. The minimum absolute atomic E-state index is 0.243. The van der Waals surface area contributed by atoms with Crippen LogP contribution in [0.15, 0.2) is 0 Å². The monoisotopic (exact) mass is 256 g/mol. The van der Waals surface area contributed by atoms with Gasteiger partial charge >= 0.3 is 0 Å². The zero-order chi connectivity index (χ0) is 12.1. The molecule has 0 aliphatic carbocycles. The van der Waals surface area contributed by atoms with E-state index in [2.05, 4.69) is 19.8 Å². The van der Waals surface area contributed by atoms with Crippen molar-refractivity contribution in [2.24, 2.45) is 0 Å². The highest BCUT2D eigenvalue weighted by Crippen LogP contribution is 2.23. The molecule has 0 radical (unpaired) electrons. The van der Waals surface area contributed by atoms with Gasteiger partial charge in [-0.05, 0) is 19.4 Å². The van der Waals surface area contributed by atoms with E-state index in [1.54, 1.807) is 0 Å². The van der Waals surface area contributed by atoms with Crippen LogP contribution in [-0.2, 0) is 6.54 Å². The molecule has 0 amide bonds. The summed E-state index contributed by atoms with van der Waals surface area (Å²) in [6.07, 6.45) is 4.78. The zero-order valence-electron chi connectivity index (χ0n) is 10.2. The maximum absolute atomic E-state index is 9.45. The lowest BCUT2D eigenvalue weighted by Crippen LogP contribution is -2.37. The van der Waals surface area contributed by atoms with Crippen molar-refractivity contribution < 1.29 is 5.11 Å². The van der Waals surface area contributed by atoms with Crippen molar-refractivity contribution in [1.82, 2.24) is 14.5 Å². The summed E-state index contributed by atoms with van der Waals surface area (Å²) in [6, 6.07) is 0.281. The molecule has 2 rings (SSSR count). The highest BCUT2D eigenvalue weighted by Gasteiger charge is 2.22. The average molecular weight is 256 g/mol. The Morgan fingerprint density at radius 1 is 1.47 bits per heavy atom. The fourth-order valence-corrected chi connectivity index (χ4v) is 2.87. The van der Waals surface area contributed by atoms with E-state index in [1.165, 1.54) is 30.8 Å². The summed E-state index contributed by atoms with van der Waals surface area (Å²) in [5, 5.41) is 17.8. The highest BCUT2D eigenvalue weighted by atomic mass is 32.1. The Labute approximate surface area is 106 Å². The summed E-state index contributed by atoms with van der Waals surface area (Å²) in [5.41, 5.74) is 0.998. The lowest BCUT2D eigenvalue weighted by Gasteiger charge is -2.27. The van der Waals surface area contributed by atoms with Gasteiger partial charge in [0.2, 0.25) is 0 Å². The second-order valence-corrected chi connectivity index (χ2v) is 5.21. The molecule has 0 bridgehead atoms. The number of likely N-dealkylation sites (tertiary alicyclic amines) is 1. The van der Waals surface area contributed by atoms with Crippen molar-refractivity contribution in [3.05, 3.63) is 5.69 Å². The Morgan fingerprint density at radius 3 is 3.12 bits per heavy atom. The average Bonchev–Trinajstić information content (AvgIpc) is 2.67. The summed E-state index contributed by atoms with van der Waals surface area (Å²) >= 11 is 1.39. The van der Waals surface area contributed by atoms with Crippen molar-refractivity contribution in [3.63, 3.8) is 0 Å². The maximum Gasteiger partial charge on any atom is 0.134 e. The van der Waals surface area contributed by atoms with E-state index in [4.69, 9.17) is 0 Å². The number of aromatic nitrogens is 2. The quantitative estimate of drug-likeness (QED) is 0.850. The van der Waals surface area contributed by atoms with Gasteiger partial charge < -0.3 is 10.4 Å². The molecule has 0 spiro atoms. The molecule has 96 valence electrons. The van der Waals surface area contributed by atoms with E-state index >= 15 is 0 Å². The van der Waals surface area contributed by atoms with Crippen LogP contribution in [-0.4, -0.2) is 45.8 Å². The number of rotatable bonds is 4. The third kappa shape index (κ3) is 3.14. The third-order valence-corrected chi connectivity index (χ3v) is 4.13. The first-order valence-corrected chi connectivity index (χ1v) is 6.96.